The predicted octanol–water partition coefficient (Wildman–Crippen LogP) is 1.56. The van der Waals surface area contributed by atoms with Crippen molar-refractivity contribution in [1.29, 1.82) is 0 Å². The van der Waals surface area contributed by atoms with E-state index in [2.05, 4.69) is 50.9 Å². The summed E-state index contributed by atoms with van der Waals surface area (Å²) < 4.78 is 17.8. The molecule has 2 N–H and O–H groups in total. The van der Waals surface area contributed by atoms with Gasteiger partial charge < -0.3 is 19.8 Å². The van der Waals surface area contributed by atoms with Crippen molar-refractivity contribution in [1.82, 2.24) is 0 Å². The zero-order valence-electron chi connectivity index (χ0n) is 14.9. The summed E-state index contributed by atoms with van der Waals surface area (Å²) in [6.45, 7) is 8.89. The van der Waals surface area contributed by atoms with E-state index in [1.807, 2.05) is 0 Å². The second-order valence-electron chi connectivity index (χ2n) is 8.26. The van der Waals surface area contributed by atoms with Crippen LogP contribution < -0.4 is 11.2 Å². The molecule has 1 aromatic rings. The molecule has 1 saturated heterocycles. The number of rotatable bonds is 1. The summed E-state index contributed by atoms with van der Waals surface area (Å²) in [5, 5.41) is 0. The molecule has 0 bridgehead atoms. The summed E-state index contributed by atoms with van der Waals surface area (Å²) >= 11 is 0. The first-order valence-electron chi connectivity index (χ1n) is 8.65. The number of benzene rings is 1. The van der Waals surface area contributed by atoms with E-state index in [1.165, 1.54) is 11.1 Å². The Morgan fingerprint density at radius 1 is 1.08 bits per heavy atom. The maximum absolute atomic E-state index is 6.18. The Kier molecular flexibility index (Phi) is 3.32. The van der Waals surface area contributed by atoms with Crippen LogP contribution in [0.5, 0.6) is 0 Å². The summed E-state index contributed by atoms with van der Waals surface area (Å²) in [7, 11) is -0.327. The molecule has 0 aromatic heterocycles. The first-order chi connectivity index (χ1) is 11.2. The Bertz CT molecular complexity index is 700. The number of hydrogen-bond donors (Lipinski definition) is 1. The highest BCUT2D eigenvalue weighted by Crippen LogP contribution is 2.38. The van der Waals surface area contributed by atoms with E-state index >= 15 is 0 Å². The molecule has 128 valence electrons. The minimum absolute atomic E-state index is 0.189. The molecule has 1 unspecified atom stereocenters. The first kappa shape index (κ1) is 16.0. The fourth-order valence-electron chi connectivity index (χ4n) is 3.72. The third-order valence-corrected chi connectivity index (χ3v) is 5.97. The van der Waals surface area contributed by atoms with Crippen LogP contribution in [0.15, 0.2) is 23.2 Å². The van der Waals surface area contributed by atoms with E-state index in [-0.39, 0.29) is 23.9 Å². The minimum Gasteiger partial charge on any atom is -0.463 e. The Morgan fingerprint density at radius 2 is 1.79 bits per heavy atom. The van der Waals surface area contributed by atoms with Crippen LogP contribution in [-0.2, 0) is 26.9 Å². The average molecular weight is 328 g/mol. The molecular weight excluding hydrogens is 303 g/mol. The third-order valence-electron chi connectivity index (χ3n) is 5.97. The Hall–Kier alpha value is -1.53. The van der Waals surface area contributed by atoms with Gasteiger partial charge in [0, 0.05) is 6.42 Å². The monoisotopic (exact) mass is 328 g/mol. The van der Waals surface area contributed by atoms with E-state index in [1.54, 1.807) is 0 Å². The Labute approximate surface area is 143 Å². The average Bonchev–Trinajstić information content (AvgIpc) is 2.95. The molecule has 2 heterocycles. The molecule has 0 saturated carbocycles. The maximum Gasteiger partial charge on any atom is 0.494 e. The molecule has 1 atom stereocenters. The van der Waals surface area contributed by atoms with Crippen LogP contribution in [0.2, 0.25) is 0 Å². The number of nitrogens with zero attached hydrogens (tertiary/aromatic N) is 1. The molecule has 1 fully saturated rings. The van der Waals surface area contributed by atoms with Crippen molar-refractivity contribution in [2.45, 2.75) is 63.7 Å². The quantitative estimate of drug-likeness (QED) is 0.795. The molecule has 0 radical (unpaired) electrons. The summed E-state index contributed by atoms with van der Waals surface area (Å²) in [6, 6.07) is 6.86. The second-order valence-corrected chi connectivity index (χ2v) is 8.26. The highest BCUT2D eigenvalue weighted by molar-refractivity contribution is 6.62. The van der Waals surface area contributed by atoms with E-state index in [0.717, 1.165) is 24.7 Å². The van der Waals surface area contributed by atoms with Crippen LogP contribution in [0.4, 0.5) is 0 Å². The lowest BCUT2D eigenvalue weighted by atomic mass is 9.73. The molecule has 4 rings (SSSR count). The fourth-order valence-corrected chi connectivity index (χ4v) is 3.72. The molecule has 1 aliphatic carbocycles. The van der Waals surface area contributed by atoms with E-state index < -0.39 is 0 Å². The van der Waals surface area contributed by atoms with Crippen molar-refractivity contribution in [2.24, 2.45) is 10.7 Å². The van der Waals surface area contributed by atoms with Crippen LogP contribution in [0.1, 0.15) is 45.2 Å². The largest absolute Gasteiger partial charge is 0.494 e. The van der Waals surface area contributed by atoms with Crippen LogP contribution in [0.25, 0.3) is 0 Å². The van der Waals surface area contributed by atoms with Gasteiger partial charge in [0.05, 0.1) is 11.2 Å². The Balaban J connectivity index is 1.62. The molecule has 3 aliphatic rings. The molecule has 0 amide bonds. The lowest BCUT2D eigenvalue weighted by Gasteiger charge is -2.32. The van der Waals surface area contributed by atoms with Gasteiger partial charge in [-0.3, -0.25) is 0 Å². The van der Waals surface area contributed by atoms with E-state index in [9.17, 15) is 0 Å². The van der Waals surface area contributed by atoms with Crippen molar-refractivity contribution < 1.29 is 14.0 Å². The molecule has 24 heavy (non-hydrogen) atoms. The standard InChI is InChI=1S/C18H25BN2O3/c1-16(2)17(3,4)24-19(23-16)14-6-5-12-7-8-18(10-13(12)9-14)11-22-15(20)21-18/h5-6,9H,7-8,10-11H2,1-4H3,(H2,20,21). The number of aryl methyl sites for hydroxylation is 1. The van der Waals surface area contributed by atoms with Gasteiger partial charge in [-0.1, -0.05) is 18.2 Å². The van der Waals surface area contributed by atoms with Crippen LogP contribution >= 0.6 is 0 Å². The first-order valence-corrected chi connectivity index (χ1v) is 8.65. The molecule has 5 nitrogen and oxygen atoms in total. The summed E-state index contributed by atoms with van der Waals surface area (Å²) in [4.78, 5) is 4.56. The van der Waals surface area contributed by atoms with E-state index in [4.69, 9.17) is 19.8 Å². The van der Waals surface area contributed by atoms with Crippen molar-refractivity contribution in [3.05, 3.63) is 29.3 Å². The van der Waals surface area contributed by atoms with Gasteiger partial charge in [0.1, 0.15) is 12.1 Å². The van der Waals surface area contributed by atoms with Gasteiger partial charge in [-0.2, -0.15) is 0 Å². The zero-order valence-corrected chi connectivity index (χ0v) is 14.9. The van der Waals surface area contributed by atoms with Gasteiger partial charge in [0.25, 0.3) is 6.02 Å². The molecule has 6 heteroatoms. The lowest BCUT2D eigenvalue weighted by molar-refractivity contribution is 0.00578. The minimum atomic E-state index is -0.327. The highest BCUT2D eigenvalue weighted by atomic mass is 16.7. The van der Waals surface area contributed by atoms with Gasteiger partial charge in [-0.15, -0.1) is 0 Å². The van der Waals surface area contributed by atoms with Gasteiger partial charge in [-0.05, 0) is 57.1 Å². The fraction of sp³-hybridized carbons (Fsp3) is 0.611. The van der Waals surface area contributed by atoms with Gasteiger partial charge >= 0.3 is 7.12 Å². The topological polar surface area (TPSA) is 66.1 Å². The number of hydrogen-bond acceptors (Lipinski definition) is 5. The lowest BCUT2D eigenvalue weighted by Crippen LogP contribution is -2.41. The van der Waals surface area contributed by atoms with Crippen LogP contribution in [0.3, 0.4) is 0 Å². The molecule has 2 aliphatic heterocycles. The molecule has 1 spiro atoms. The van der Waals surface area contributed by atoms with Crippen molar-refractivity contribution >= 4 is 18.6 Å². The van der Waals surface area contributed by atoms with Gasteiger partial charge in [0.15, 0.2) is 0 Å². The van der Waals surface area contributed by atoms with Crippen LogP contribution in [-0.4, -0.2) is 36.5 Å². The summed E-state index contributed by atoms with van der Waals surface area (Å²) in [6.07, 6.45) is 2.84. The smallest absolute Gasteiger partial charge is 0.463 e. The van der Waals surface area contributed by atoms with Gasteiger partial charge in [-0.25, -0.2) is 4.99 Å². The van der Waals surface area contributed by atoms with Crippen molar-refractivity contribution in [3.8, 4) is 0 Å². The second kappa shape index (κ2) is 4.99. The summed E-state index contributed by atoms with van der Waals surface area (Å²) in [5.74, 6) is 0. The number of fused-ring (bicyclic) bond motifs is 1. The zero-order chi connectivity index (χ0) is 17.2. The molecular formula is C18H25BN2O3. The van der Waals surface area contributed by atoms with Gasteiger partial charge in [0.2, 0.25) is 0 Å². The number of aliphatic imine (C=N–C) groups is 1. The normalized spacial score (nSPS) is 30.2. The number of amidine groups is 1. The van der Waals surface area contributed by atoms with E-state index in [0.29, 0.717) is 12.6 Å². The number of ether oxygens (including phenoxy) is 1. The number of nitrogens with two attached hydrogens (primary N) is 1. The molecule has 1 aromatic carbocycles. The summed E-state index contributed by atoms with van der Waals surface area (Å²) in [5.41, 5.74) is 8.64. The maximum atomic E-state index is 6.18. The third kappa shape index (κ3) is 2.43. The Morgan fingerprint density at radius 3 is 2.42 bits per heavy atom. The predicted molar refractivity (Wildman–Crippen MR) is 94.5 cm³/mol. The van der Waals surface area contributed by atoms with Crippen molar-refractivity contribution in [3.63, 3.8) is 0 Å². The van der Waals surface area contributed by atoms with Crippen molar-refractivity contribution in [2.75, 3.05) is 6.61 Å². The highest BCUT2D eigenvalue weighted by Gasteiger charge is 2.52. The van der Waals surface area contributed by atoms with Crippen LogP contribution in [0, 0.1) is 0 Å². The SMILES string of the molecule is CC1(C)OB(c2ccc3c(c2)CC2(CC3)COC(N)=N2)OC1(C)C.